The summed E-state index contributed by atoms with van der Waals surface area (Å²) in [6, 6.07) is 25.8. The summed E-state index contributed by atoms with van der Waals surface area (Å²) in [6.45, 7) is 6.40. The Morgan fingerprint density at radius 1 is 0.698 bits per heavy atom. The molecule has 0 radical (unpaired) electrons. The van der Waals surface area contributed by atoms with Crippen molar-refractivity contribution in [2.45, 2.75) is 58.5 Å². The summed E-state index contributed by atoms with van der Waals surface area (Å²) in [4.78, 5) is 44.3. The lowest BCUT2D eigenvalue weighted by Crippen LogP contribution is -2.60. The molecule has 0 bridgehead atoms. The van der Waals surface area contributed by atoms with Gasteiger partial charge < -0.3 is 28.6 Å². The molecule has 10 nitrogen and oxygen atoms in total. The number of nitrogens with zero attached hydrogens (tertiary/aromatic N) is 2. The van der Waals surface area contributed by atoms with Crippen LogP contribution in [-0.4, -0.2) is 73.1 Å². The van der Waals surface area contributed by atoms with E-state index in [1.807, 2.05) is 72.8 Å². The molecule has 53 heavy (non-hydrogen) atoms. The average molecular weight is 853 g/mol. The quantitative estimate of drug-likeness (QED) is 0.133. The molecule has 0 spiro atoms. The minimum atomic E-state index is -0.934. The third-order valence-electron chi connectivity index (χ3n) is 8.50. The topological polar surface area (TPSA) is 104 Å². The summed E-state index contributed by atoms with van der Waals surface area (Å²) >= 11 is 7.18. The largest absolute Gasteiger partial charge is 0.493 e. The van der Waals surface area contributed by atoms with Gasteiger partial charge in [0.05, 0.1) is 29.6 Å². The summed E-state index contributed by atoms with van der Waals surface area (Å²) in [5.74, 6) is 1.55. The van der Waals surface area contributed by atoms with Crippen molar-refractivity contribution in [2.75, 3.05) is 33.9 Å². The van der Waals surface area contributed by atoms with Gasteiger partial charge in [-0.05, 0) is 99.2 Å². The zero-order chi connectivity index (χ0) is 38.1. The predicted octanol–water partition coefficient (Wildman–Crippen LogP) is 8.19. The van der Waals surface area contributed by atoms with Gasteiger partial charge in [-0.3, -0.25) is 14.5 Å². The molecular formula is C41H44Br2N2O8. The maximum atomic E-state index is 14.1. The van der Waals surface area contributed by atoms with Crippen LogP contribution in [0.5, 0.6) is 23.0 Å². The molecule has 4 aromatic rings. The van der Waals surface area contributed by atoms with Crippen molar-refractivity contribution in [1.29, 1.82) is 0 Å². The van der Waals surface area contributed by atoms with E-state index in [-0.39, 0.29) is 44.2 Å². The van der Waals surface area contributed by atoms with Crippen LogP contribution in [0.2, 0.25) is 0 Å². The Kier molecular flexibility index (Phi) is 13.5. The Hall–Kier alpha value is -4.55. The molecule has 0 N–H and O–H groups in total. The number of amides is 2. The number of carbonyl (C=O) groups is 3. The Bertz CT molecular complexity index is 1900. The van der Waals surface area contributed by atoms with Crippen molar-refractivity contribution in [2.24, 2.45) is 0 Å². The Morgan fingerprint density at radius 3 is 1.66 bits per heavy atom. The van der Waals surface area contributed by atoms with E-state index < -0.39 is 17.7 Å². The van der Waals surface area contributed by atoms with Crippen molar-refractivity contribution in [1.82, 2.24) is 9.80 Å². The van der Waals surface area contributed by atoms with Gasteiger partial charge in [-0.25, -0.2) is 4.79 Å². The minimum Gasteiger partial charge on any atom is -0.493 e. The summed E-state index contributed by atoms with van der Waals surface area (Å²) in [5.41, 5.74) is 2.59. The van der Waals surface area contributed by atoms with Gasteiger partial charge in [-0.1, -0.05) is 60.7 Å². The molecule has 4 aromatic carbocycles. The number of piperazine rings is 1. The van der Waals surface area contributed by atoms with Crippen molar-refractivity contribution in [3.63, 3.8) is 0 Å². The fourth-order valence-corrected chi connectivity index (χ4v) is 7.13. The lowest BCUT2D eigenvalue weighted by atomic mass is 9.99. The van der Waals surface area contributed by atoms with Gasteiger partial charge in [-0.2, -0.15) is 0 Å². The van der Waals surface area contributed by atoms with Crippen LogP contribution in [0.25, 0.3) is 0 Å². The molecule has 1 fully saturated rings. The molecule has 12 heteroatoms. The van der Waals surface area contributed by atoms with E-state index in [1.54, 1.807) is 44.9 Å². The molecule has 280 valence electrons. The fraction of sp³-hybridized carbons (Fsp3) is 0.341. The van der Waals surface area contributed by atoms with Crippen molar-refractivity contribution >= 4 is 49.6 Å². The van der Waals surface area contributed by atoms with Crippen LogP contribution >= 0.6 is 31.9 Å². The first-order valence-electron chi connectivity index (χ1n) is 17.2. The number of halogens is 2. The number of ether oxygens (including phenoxy) is 5. The zero-order valence-electron chi connectivity index (χ0n) is 30.5. The first-order chi connectivity index (χ1) is 25.3. The first-order valence-corrected chi connectivity index (χ1v) is 18.8. The highest BCUT2D eigenvalue weighted by Gasteiger charge is 2.39. The maximum absolute atomic E-state index is 14.1. The zero-order valence-corrected chi connectivity index (χ0v) is 33.7. The monoisotopic (exact) mass is 850 g/mol. The minimum absolute atomic E-state index is 0.0179. The van der Waals surface area contributed by atoms with Gasteiger partial charge in [0.15, 0.2) is 28.8 Å². The second kappa shape index (κ2) is 18.0. The van der Waals surface area contributed by atoms with E-state index in [0.717, 1.165) is 11.1 Å². The Morgan fingerprint density at radius 2 is 1.19 bits per heavy atom. The van der Waals surface area contributed by atoms with E-state index in [4.69, 9.17) is 23.7 Å². The van der Waals surface area contributed by atoms with Crippen LogP contribution in [0, 0.1) is 0 Å². The average Bonchev–Trinajstić information content (AvgIpc) is 3.13. The molecular weight excluding hydrogens is 808 g/mol. The molecule has 1 heterocycles. The van der Waals surface area contributed by atoms with Gasteiger partial charge in [0.1, 0.15) is 24.9 Å². The van der Waals surface area contributed by atoms with Crippen LogP contribution in [0.3, 0.4) is 0 Å². The second-order valence-electron chi connectivity index (χ2n) is 13.6. The predicted molar refractivity (Wildman–Crippen MR) is 209 cm³/mol. The molecule has 1 aliphatic rings. The van der Waals surface area contributed by atoms with E-state index in [0.29, 0.717) is 56.3 Å². The smallest absolute Gasteiger partial charge is 0.411 e. The van der Waals surface area contributed by atoms with E-state index in [9.17, 15) is 14.4 Å². The Balaban J connectivity index is 1.31. The molecule has 5 rings (SSSR count). The SMILES string of the molecule is COc1cc(CC(=O)C2CN(C(=O)Cc3cc(Br)c(OCc4ccccc4)c(OC)c3)CCN2C(=O)OC(C)(C)C)cc(Br)c1OCc1ccccc1. The lowest BCUT2D eigenvalue weighted by Gasteiger charge is -2.41. The summed E-state index contributed by atoms with van der Waals surface area (Å²) in [7, 11) is 3.09. The van der Waals surface area contributed by atoms with Crippen LogP contribution < -0.4 is 18.9 Å². The van der Waals surface area contributed by atoms with Crippen LogP contribution in [0.4, 0.5) is 4.79 Å². The normalized spacial score (nSPS) is 14.4. The molecule has 0 saturated carbocycles. The van der Waals surface area contributed by atoms with E-state index in [1.165, 1.54) is 12.0 Å². The number of Topliss-reactive ketones (excluding diaryl/α,β-unsaturated/α-hetero) is 1. The summed E-state index contributed by atoms with van der Waals surface area (Å²) in [6.07, 6.45) is -0.573. The summed E-state index contributed by atoms with van der Waals surface area (Å²) < 4.78 is 30.4. The number of hydrogen-bond acceptors (Lipinski definition) is 8. The highest BCUT2D eigenvalue weighted by molar-refractivity contribution is 9.11. The van der Waals surface area contributed by atoms with Gasteiger partial charge >= 0.3 is 6.09 Å². The van der Waals surface area contributed by atoms with Crippen LogP contribution in [0.1, 0.15) is 43.0 Å². The number of methoxy groups -OCH3 is 2. The molecule has 0 aromatic heterocycles. The van der Waals surface area contributed by atoms with E-state index in [2.05, 4.69) is 31.9 Å². The third kappa shape index (κ3) is 10.8. The molecule has 0 aliphatic carbocycles. The van der Waals surface area contributed by atoms with Crippen LogP contribution in [0.15, 0.2) is 93.9 Å². The molecule has 1 unspecified atom stereocenters. The molecule has 1 saturated heterocycles. The number of rotatable bonds is 13. The fourth-order valence-electron chi connectivity index (χ4n) is 5.92. The van der Waals surface area contributed by atoms with Gasteiger partial charge in [0.25, 0.3) is 0 Å². The lowest BCUT2D eigenvalue weighted by molar-refractivity contribution is -0.136. The van der Waals surface area contributed by atoms with Crippen molar-refractivity contribution < 1.29 is 38.1 Å². The molecule has 1 atom stereocenters. The van der Waals surface area contributed by atoms with Gasteiger partial charge in [0, 0.05) is 26.1 Å². The molecule has 1 aliphatic heterocycles. The highest BCUT2D eigenvalue weighted by atomic mass is 79.9. The third-order valence-corrected chi connectivity index (χ3v) is 9.67. The first kappa shape index (κ1) is 39.7. The van der Waals surface area contributed by atoms with Gasteiger partial charge in [-0.15, -0.1) is 0 Å². The second-order valence-corrected chi connectivity index (χ2v) is 15.3. The number of hydrogen-bond donors (Lipinski definition) is 0. The van der Waals surface area contributed by atoms with Crippen molar-refractivity contribution in [3.8, 4) is 23.0 Å². The number of ketones is 1. The van der Waals surface area contributed by atoms with Crippen molar-refractivity contribution in [3.05, 3.63) is 116 Å². The standard InChI is InChI=1S/C41H44Br2N2O8/c1-41(2,3)53-40(48)45-17-16-44(37(47)23-30-19-32(43)39(36(22-30)50-5)52-26-28-14-10-7-11-15-28)24-33(45)34(46)20-29-18-31(42)38(35(21-29)49-4)51-25-27-12-8-6-9-13-27/h6-15,18-19,21-22,33H,16-17,20,23-26H2,1-5H3. The Labute approximate surface area is 327 Å². The summed E-state index contributed by atoms with van der Waals surface area (Å²) in [5, 5.41) is 0. The maximum Gasteiger partial charge on any atom is 0.411 e. The number of carbonyl (C=O) groups excluding carboxylic acids is 3. The highest BCUT2D eigenvalue weighted by Crippen LogP contribution is 2.39. The van der Waals surface area contributed by atoms with Crippen LogP contribution in [-0.2, 0) is 40.4 Å². The van der Waals surface area contributed by atoms with E-state index >= 15 is 0 Å². The number of benzene rings is 4. The molecule has 2 amide bonds. The van der Waals surface area contributed by atoms with Gasteiger partial charge in [0.2, 0.25) is 5.91 Å².